The lowest BCUT2D eigenvalue weighted by Gasteiger charge is -2.19. The zero-order valence-electron chi connectivity index (χ0n) is 13.7. The topological polar surface area (TPSA) is 72.7 Å². The molecule has 0 radical (unpaired) electrons. The Labute approximate surface area is 132 Å². The Balaban J connectivity index is 1.63. The molecule has 2 unspecified atom stereocenters. The predicted molar refractivity (Wildman–Crippen MR) is 86.1 cm³/mol. The molecule has 2 N–H and O–H groups in total. The quantitative estimate of drug-likeness (QED) is 0.568. The van der Waals surface area contributed by atoms with E-state index >= 15 is 0 Å². The van der Waals surface area contributed by atoms with E-state index in [1.807, 2.05) is 24.0 Å². The van der Waals surface area contributed by atoms with Gasteiger partial charge in [-0.25, -0.2) is 0 Å². The number of hydrogen-bond acceptors (Lipinski definition) is 4. The number of hydrogen-bond donors (Lipinski definition) is 2. The van der Waals surface area contributed by atoms with Crippen molar-refractivity contribution in [2.45, 2.75) is 39.0 Å². The fourth-order valence-electron chi connectivity index (χ4n) is 2.27. The van der Waals surface area contributed by atoms with Crippen molar-refractivity contribution in [3.8, 4) is 0 Å². The van der Waals surface area contributed by atoms with Crippen molar-refractivity contribution >= 4 is 5.96 Å². The van der Waals surface area contributed by atoms with Gasteiger partial charge in [0.05, 0.1) is 32.1 Å². The van der Waals surface area contributed by atoms with Gasteiger partial charge in [0.25, 0.3) is 0 Å². The van der Waals surface area contributed by atoms with E-state index in [2.05, 4.69) is 27.6 Å². The van der Waals surface area contributed by atoms with Crippen LogP contribution in [0.4, 0.5) is 0 Å². The molecule has 0 amide bonds. The number of nitrogens with one attached hydrogen (secondary N) is 2. The van der Waals surface area contributed by atoms with Gasteiger partial charge in [0.15, 0.2) is 5.96 Å². The summed E-state index contributed by atoms with van der Waals surface area (Å²) in [5, 5.41) is 10.9. The van der Waals surface area contributed by atoms with E-state index in [-0.39, 0.29) is 12.1 Å². The van der Waals surface area contributed by atoms with Crippen molar-refractivity contribution in [3.05, 3.63) is 18.0 Å². The second-order valence-electron chi connectivity index (χ2n) is 5.64. The summed E-state index contributed by atoms with van der Waals surface area (Å²) in [7, 11) is 1.77. The highest BCUT2D eigenvalue weighted by molar-refractivity contribution is 5.79. The molecule has 22 heavy (non-hydrogen) atoms. The molecule has 2 atom stereocenters. The third-order valence-corrected chi connectivity index (χ3v) is 3.47. The monoisotopic (exact) mass is 309 g/mol. The van der Waals surface area contributed by atoms with Crippen molar-refractivity contribution in [1.82, 2.24) is 20.4 Å². The van der Waals surface area contributed by atoms with Crippen LogP contribution in [0.25, 0.3) is 0 Å². The SMILES string of the molecule is CN=C(NCCn1cc(C)cn1)NC(C)COC1CCOC1. The van der Waals surface area contributed by atoms with Gasteiger partial charge < -0.3 is 20.1 Å². The average Bonchev–Trinajstić information content (AvgIpc) is 3.15. The van der Waals surface area contributed by atoms with Crippen LogP contribution in [-0.2, 0) is 16.0 Å². The second-order valence-corrected chi connectivity index (χ2v) is 5.64. The summed E-state index contributed by atoms with van der Waals surface area (Å²) >= 11 is 0. The van der Waals surface area contributed by atoms with Gasteiger partial charge in [-0.2, -0.15) is 5.10 Å². The van der Waals surface area contributed by atoms with Gasteiger partial charge in [0.1, 0.15) is 0 Å². The first-order chi connectivity index (χ1) is 10.7. The molecule has 1 aliphatic heterocycles. The maximum Gasteiger partial charge on any atom is 0.191 e. The molecule has 124 valence electrons. The summed E-state index contributed by atoms with van der Waals surface area (Å²) in [6.45, 7) is 7.86. The van der Waals surface area contributed by atoms with Gasteiger partial charge in [-0.1, -0.05) is 0 Å². The molecule has 1 saturated heterocycles. The smallest absolute Gasteiger partial charge is 0.191 e. The van der Waals surface area contributed by atoms with Crippen LogP contribution in [0, 0.1) is 6.92 Å². The van der Waals surface area contributed by atoms with Crippen LogP contribution in [0.5, 0.6) is 0 Å². The molecule has 0 saturated carbocycles. The minimum absolute atomic E-state index is 0.193. The molecular weight excluding hydrogens is 282 g/mol. The summed E-state index contributed by atoms with van der Waals surface area (Å²) in [6.07, 6.45) is 5.11. The van der Waals surface area contributed by atoms with Crippen LogP contribution in [0.2, 0.25) is 0 Å². The number of ether oxygens (including phenoxy) is 2. The molecule has 7 nitrogen and oxygen atoms in total. The van der Waals surface area contributed by atoms with Crippen LogP contribution in [0.15, 0.2) is 17.4 Å². The normalized spacial score (nSPS) is 20.1. The molecule has 1 aromatic heterocycles. The lowest BCUT2D eigenvalue weighted by Crippen LogP contribution is -2.45. The summed E-state index contributed by atoms with van der Waals surface area (Å²) in [5.41, 5.74) is 1.17. The predicted octanol–water partition coefficient (Wildman–Crippen LogP) is 0.551. The minimum atomic E-state index is 0.193. The fourth-order valence-corrected chi connectivity index (χ4v) is 2.27. The highest BCUT2D eigenvalue weighted by Gasteiger charge is 2.17. The van der Waals surface area contributed by atoms with Gasteiger partial charge in [-0.05, 0) is 25.8 Å². The molecule has 0 spiro atoms. The van der Waals surface area contributed by atoms with Gasteiger partial charge in [-0.15, -0.1) is 0 Å². The van der Waals surface area contributed by atoms with E-state index in [4.69, 9.17) is 9.47 Å². The van der Waals surface area contributed by atoms with Crippen molar-refractivity contribution in [1.29, 1.82) is 0 Å². The van der Waals surface area contributed by atoms with Crippen LogP contribution < -0.4 is 10.6 Å². The molecule has 1 fully saturated rings. The van der Waals surface area contributed by atoms with Crippen molar-refractivity contribution in [2.75, 3.05) is 33.4 Å². The van der Waals surface area contributed by atoms with Gasteiger partial charge >= 0.3 is 0 Å². The number of aliphatic imine (C=N–C) groups is 1. The number of nitrogens with zero attached hydrogens (tertiary/aromatic N) is 3. The number of guanidine groups is 1. The molecule has 0 aromatic carbocycles. The third-order valence-electron chi connectivity index (χ3n) is 3.47. The zero-order chi connectivity index (χ0) is 15.8. The highest BCUT2D eigenvalue weighted by atomic mass is 16.5. The molecule has 0 aliphatic carbocycles. The van der Waals surface area contributed by atoms with E-state index in [9.17, 15) is 0 Å². The molecule has 7 heteroatoms. The molecule has 2 heterocycles. The lowest BCUT2D eigenvalue weighted by molar-refractivity contribution is 0.0347. The minimum Gasteiger partial charge on any atom is -0.379 e. The molecular formula is C15H27N5O2. The second kappa shape index (κ2) is 8.75. The Hall–Kier alpha value is -1.60. The molecule has 1 aliphatic rings. The summed E-state index contributed by atoms with van der Waals surface area (Å²) in [4.78, 5) is 4.23. The van der Waals surface area contributed by atoms with Gasteiger partial charge in [0, 0.05) is 32.4 Å². The Morgan fingerprint density at radius 3 is 3.14 bits per heavy atom. The number of aromatic nitrogens is 2. The van der Waals surface area contributed by atoms with E-state index in [1.165, 1.54) is 5.56 Å². The Bertz CT molecular complexity index is 468. The van der Waals surface area contributed by atoms with E-state index in [0.29, 0.717) is 13.2 Å². The van der Waals surface area contributed by atoms with Crippen molar-refractivity contribution in [3.63, 3.8) is 0 Å². The first-order valence-electron chi connectivity index (χ1n) is 7.83. The summed E-state index contributed by atoms with van der Waals surface area (Å²) in [5.74, 6) is 0.780. The average molecular weight is 309 g/mol. The van der Waals surface area contributed by atoms with Gasteiger partial charge in [-0.3, -0.25) is 9.67 Å². The van der Waals surface area contributed by atoms with E-state index < -0.39 is 0 Å². The third kappa shape index (κ3) is 5.65. The zero-order valence-corrected chi connectivity index (χ0v) is 13.7. The van der Waals surface area contributed by atoms with E-state index in [0.717, 1.165) is 32.1 Å². The largest absolute Gasteiger partial charge is 0.379 e. The maximum atomic E-state index is 5.80. The van der Waals surface area contributed by atoms with Crippen molar-refractivity contribution in [2.24, 2.45) is 4.99 Å². The van der Waals surface area contributed by atoms with Crippen LogP contribution in [-0.4, -0.2) is 61.3 Å². The van der Waals surface area contributed by atoms with Crippen molar-refractivity contribution < 1.29 is 9.47 Å². The Morgan fingerprint density at radius 1 is 1.64 bits per heavy atom. The first kappa shape index (κ1) is 16.8. The number of aryl methyl sites for hydroxylation is 1. The van der Waals surface area contributed by atoms with Crippen LogP contribution in [0.3, 0.4) is 0 Å². The Morgan fingerprint density at radius 2 is 2.50 bits per heavy atom. The summed E-state index contributed by atoms with van der Waals surface area (Å²) < 4.78 is 13.0. The maximum absolute atomic E-state index is 5.80. The van der Waals surface area contributed by atoms with Crippen LogP contribution in [0.1, 0.15) is 18.9 Å². The standard InChI is InChI=1S/C15H27N5O2/c1-12-8-18-20(9-12)6-5-17-15(16-3)19-13(2)10-22-14-4-7-21-11-14/h8-9,13-14H,4-7,10-11H2,1-3H3,(H2,16,17,19). The van der Waals surface area contributed by atoms with E-state index in [1.54, 1.807) is 7.05 Å². The first-order valence-corrected chi connectivity index (χ1v) is 7.83. The van der Waals surface area contributed by atoms with Crippen LogP contribution >= 0.6 is 0 Å². The lowest BCUT2D eigenvalue weighted by atomic mass is 10.3. The number of rotatable bonds is 7. The Kier molecular flexibility index (Phi) is 6.67. The molecule has 2 rings (SSSR count). The van der Waals surface area contributed by atoms with Gasteiger partial charge in [0.2, 0.25) is 0 Å². The highest BCUT2D eigenvalue weighted by Crippen LogP contribution is 2.08. The molecule has 1 aromatic rings. The fraction of sp³-hybridized carbons (Fsp3) is 0.733. The molecule has 0 bridgehead atoms. The summed E-state index contributed by atoms with van der Waals surface area (Å²) in [6, 6.07) is 0.193.